The summed E-state index contributed by atoms with van der Waals surface area (Å²) < 4.78 is 27.8. The molecule has 1 aliphatic carbocycles. The third kappa shape index (κ3) is 5.03. The standard InChI is InChI=1S/C24H20Cl2F2N6O2/c1-12-8-14(25)9-15(22(35)32-24(2,11-29)13-5-6-13)19(12)31-23(36)18-10-17(20(27)28)33-34(18)21-16(26)4-3-7-30-21/h3-4,7-10,13,20H,5-6H2,1-2H3,(H,31,36)(H,32,35). The van der Waals surface area contributed by atoms with Gasteiger partial charge in [-0.1, -0.05) is 23.2 Å². The Morgan fingerprint density at radius 2 is 1.97 bits per heavy atom. The fraction of sp³-hybridized carbons (Fsp3) is 0.292. The molecule has 1 unspecified atom stereocenters. The van der Waals surface area contributed by atoms with E-state index in [9.17, 15) is 23.6 Å². The monoisotopic (exact) mass is 532 g/mol. The van der Waals surface area contributed by atoms with Gasteiger partial charge in [0, 0.05) is 11.2 Å². The van der Waals surface area contributed by atoms with Gasteiger partial charge in [-0.25, -0.2) is 18.4 Å². The van der Waals surface area contributed by atoms with Gasteiger partial charge in [-0.2, -0.15) is 10.4 Å². The van der Waals surface area contributed by atoms with Crippen molar-refractivity contribution in [2.75, 3.05) is 5.32 Å². The molecular formula is C24H20Cl2F2N6O2. The van der Waals surface area contributed by atoms with Crippen LogP contribution in [-0.4, -0.2) is 32.1 Å². The largest absolute Gasteiger partial charge is 0.334 e. The Kier molecular flexibility index (Phi) is 6.98. The average molecular weight is 533 g/mol. The molecule has 1 saturated carbocycles. The van der Waals surface area contributed by atoms with Crippen LogP contribution in [0.15, 0.2) is 36.5 Å². The minimum atomic E-state index is -2.95. The Balaban J connectivity index is 1.73. The van der Waals surface area contributed by atoms with E-state index >= 15 is 0 Å². The lowest BCUT2D eigenvalue weighted by atomic mass is 9.96. The van der Waals surface area contributed by atoms with Crippen LogP contribution in [0.5, 0.6) is 0 Å². The topological polar surface area (TPSA) is 113 Å². The van der Waals surface area contributed by atoms with E-state index in [1.54, 1.807) is 19.9 Å². The van der Waals surface area contributed by atoms with Crippen LogP contribution >= 0.6 is 23.2 Å². The number of halogens is 4. The van der Waals surface area contributed by atoms with Gasteiger partial charge in [-0.15, -0.1) is 0 Å². The number of aromatic nitrogens is 3. The maximum Gasteiger partial charge on any atom is 0.282 e. The van der Waals surface area contributed by atoms with E-state index < -0.39 is 29.5 Å². The molecule has 1 aliphatic rings. The molecule has 0 saturated heterocycles. The van der Waals surface area contributed by atoms with Gasteiger partial charge in [-0.05, 0) is 68.5 Å². The molecule has 36 heavy (non-hydrogen) atoms. The number of rotatable bonds is 7. The van der Waals surface area contributed by atoms with E-state index in [1.807, 2.05) is 0 Å². The van der Waals surface area contributed by atoms with Gasteiger partial charge >= 0.3 is 0 Å². The predicted molar refractivity (Wildman–Crippen MR) is 130 cm³/mol. The van der Waals surface area contributed by atoms with Crippen molar-refractivity contribution in [1.29, 1.82) is 5.26 Å². The van der Waals surface area contributed by atoms with Gasteiger partial charge in [0.1, 0.15) is 16.9 Å². The van der Waals surface area contributed by atoms with Gasteiger partial charge in [0.05, 0.1) is 22.3 Å². The first-order valence-corrected chi connectivity index (χ1v) is 11.6. The van der Waals surface area contributed by atoms with E-state index in [4.69, 9.17) is 23.2 Å². The van der Waals surface area contributed by atoms with Crippen LogP contribution < -0.4 is 10.6 Å². The zero-order valence-electron chi connectivity index (χ0n) is 19.2. The number of benzene rings is 1. The highest BCUT2D eigenvalue weighted by Gasteiger charge is 2.43. The highest BCUT2D eigenvalue weighted by molar-refractivity contribution is 6.32. The van der Waals surface area contributed by atoms with Crippen LogP contribution in [0.3, 0.4) is 0 Å². The summed E-state index contributed by atoms with van der Waals surface area (Å²) >= 11 is 12.3. The Hall–Kier alpha value is -3.55. The first-order chi connectivity index (χ1) is 17.0. The lowest BCUT2D eigenvalue weighted by Crippen LogP contribution is -2.47. The minimum absolute atomic E-state index is 0.0174. The maximum absolute atomic E-state index is 13.5. The van der Waals surface area contributed by atoms with Gasteiger partial charge in [0.25, 0.3) is 18.2 Å². The molecule has 186 valence electrons. The zero-order chi connectivity index (χ0) is 26.2. The SMILES string of the molecule is Cc1cc(Cl)cc(C(=O)NC(C)(C#N)C2CC2)c1NC(=O)c1cc(C(F)F)nn1-c1ncccc1Cl. The quantitative estimate of drug-likeness (QED) is 0.417. The number of hydrogen-bond acceptors (Lipinski definition) is 5. The number of nitrogens with one attached hydrogen (secondary N) is 2. The number of pyridine rings is 1. The van der Waals surface area contributed by atoms with Crippen LogP contribution in [0.2, 0.25) is 10.0 Å². The number of carbonyl (C=O) groups excluding carboxylic acids is 2. The molecule has 3 aromatic rings. The number of nitriles is 1. The smallest absolute Gasteiger partial charge is 0.282 e. The fourth-order valence-electron chi connectivity index (χ4n) is 3.81. The van der Waals surface area contributed by atoms with Crippen molar-refractivity contribution in [2.24, 2.45) is 5.92 Å². The van der Waals surface area contributed by atoms with Crippen molar-refractivity contribution in [3.05, 3.63) is 69.1 Å². The Labute approximate surface area is 215 Å². The molecule has 1 aromatic carbocycles. The molecule has 0 bridgehead atoms. The Bertz CT molecular complexity index is 1400. The third-order valence-corrected chi connectivity index (χ3v) is 6.42. The van der Waals surface area contributed by atoms with Crippen LogP contribution in [-0.2, 0) is 0 Å². The van der Waals surface area contributed by atoms with E-state index in [0.29, 0.717) is 5.56 Å². The lowest BCUT2D eigenvalue weighted by molar-refractivity contribution is 0.0918. The fourth-order valence-corrected chi connectivity index (χ4v) is 4.29. The molecule has 2 heterocycles. The summed E-state index contributed by atoms with van der Waals surface area (Å²) in [5.41, 5.74) is -1.44. The van der Waals surface area contributed by atoms with Gasteiger partial charge < -0.3 is 10.6 Å². The zero-order valence-corrected chi connectivity index (χ0v) is 20.7. The van der Waals surface area contributed by atoms with Crippen LogP contribution in [0.4, 0.5) is 14.5 Å². The molecule has 2 N–H and O–H groups in total. The van der Waals surface area contributed by atoms with Crippen LogP contribution in [0.25, 0.3) is 5.82 Å². The Morgan fingerprint density at radius 3 is 2.58 bits per heavy atom. The van der Waals surface area contributed by atoms with Crippen molar-refractivity contribution in [3.63, 3.8) is 0 Å². The van der Waals surface area contributed by atoms with Crippen molar-refractivity contribution in [3.8, 4) is 11.9 Å². The first kappa shape index (κ1) is 25.5. The number of alkyl halides is 2. The second kappa shape index (κ2) is 9.84. The maximum atomic E-state index is 13.5. The first-order valence-electron chi connectivity index (χ1n) is 10.9. The number of anilines is 1. The van der Waals surface area contributed by atoms with Crippen LogP contribution in [0.1, 0.15) is 58.3 Å². The van der Waals surface area contributed by atoms with Crippen molar-refractivity contribution in [1.82, 2.24) is 20.1 Å². The summed E-state index contributed by atoms with van der Waals surface area (Å²) in [6.45, 7) is 3.26. The summed E-state index contributed by atoms with van der Waals surface area (Å²) in [6, 6.07) is 9.00. The molecule has 0 radical (unpaired) electrons. The molecule has 1 atom stereocenters. The van der Waals surface area contributed by atoms with Crippen molar-refractivity contribution >= 4 is 40.7 Å². The van der Waals surface area contributed by atoms with Crippen molar-refractivity contribution in [2.45, 2.75) is 38.7 Å². The molecule has 0 spiro atoms. The Morgan fingerprint density at radius 1 is 1.25 bits per heavy atom. The number of hydrogen-bond donors (Lipinski definition) is 2. The minimum Gasteiger partial charge on any atom is -0.334 e. The summed E-state index contributed by atoms with van der Waals surface area (Å²) in [7, 11) is 0. The lowest BCUT2D eigenvalue weighted by Gasteiger charge is -2.24. The second-order valence-corrected chi connectivity index (χ2v) is 9.46. The summed E-state index contributed by atoms with van der Waals surface area (Å²) in [6.07, 6.45) is 0.0548. The summed E-state index contributed by atoms with van der Waals surface area (Å²) in [5.74, 6) is -1.44. The molecular weight excluding hydrogens is 513 g/mol. The van der Waals surface area contributed by atoms with Crippen LogP contribution in [0, 0.1) is 24.2 Å². The number of carbonyl (C=O) groups is 2. The number of aryl methyl sites for hydroxylation is 1. The molecule has 4 rings (SSSR count). The molecule has 2 amide bonds. The molecule has 8 nitrogen and oxygen atoms in total. The number of amides is 2. The molecule has 0 aliphatic heterocycles. The summed E-state index contributed by atoms with van der Waals surface area (Å²) in [5, 5.41) is 19.1. The highest BCUT2D eigenvalue weighted by atomic mass is 35.5. The second-order valence-electron chi connectivity index (χ2n) is 8.62. The summed E-state index contributed by atoms with van der Waals surface area (Å²) in [4.78, 5) is 30.6. The average Bonchev–Trinajstić information content (AvgIpc) is 3.60. The molecule has 2 aromatic heterocycles. The predicted octanol–water partition coefficient (Wildman–Crippen LogP) is 5.49. The molecule has 1 fully saturated rings. The number of nitrogens with zero attached hydrogens (tertiary/aromatic N) is 4. The van der Waals surface area contributed by atoms with Gasteiger partial charge in [-0.3, -0.25) is 9.59 Å². The highest BCUT2D eigenvalue weighted by Crippen LogP contribution is 2.39. The third-order valence-electron chi connectivity index (χ3n) is 5.91. The normalized spacial score (nSPS) is 14.7. The van der Waals surface area contributed by atoms with E-state index in [0.717, 1.165) is 23.6 Å². The molecule has 12 heteroatoms. The van der Waals surface area contributed by atoms with Gasteiger partial charge in [0.2, 0.25) is 0 Å². The van der Waals surface area contributed by atoms with E-state index in [-0.39, 0.29) is 38.7 Å². The van der Waals surface area contributed by atoms with Gasteiger partial charge in [0.15, 0.2) is 5.82 Å². The van der Waals surface area contributed by atoms with Crippen molar-refractivity contribution < 1.29 is 18.4 Å². The van der Waals surface area contributed by atoms with E-state index in [2.05, 4.69) is 26.8 Å². The van der Waals surface area contributed by atoms with E-state index in [1.165, 1.54) is 24.4 Å².